The van der Waals surface area contributed by atoms with Crippen LogP contribution < -0.4 is 0 Å². The van der Waals surface area contributed by atoms with Crippen molar-refractivity contribution in [1.29, 1.82) is 0 Å². The topological polar surface area (TPSA) is 66.8 Å². The van der Waals surface area contributed by atoms with Gasteiger partial charge in [-0.2, -0.15) is 0 Å². The number of carbonyl (C=O) groups is 1. The molecule has 1 rings (SSSR count). The van der Waals surface area contributed by atoms with Gasteiger partial charge in [0.15, 0.2) is 0 Å². The monoisotopic (exact) mass is 396 g/mol. The number of hydrogen-bond donors (Lipinski definition) is 2. The summed E-state index contributed by atoms with van der Waals surface area (Å²) in [6, 6.07) is 0. The van der Waals surface area contributed by atoms with Gasteiger partial charge in [0, 0.05) is 12.3 Å². The second kappa shape index (κ2) is 13.4. The molecule has 1 fully saturated rings. The second-order valence-electron chi connectivity index (χ2n) is 9.59. The Morgan fingerprint density at radius 2 is 1.93 bits per heavy atom. The molecule has 3 atom stereocenters. The molecule has 0 spiro atoms. The summed E-state index contributed by atoms with van der Waals surface area (Å²) in [4.78, 5) is 11.3. The Morgan fingerprint density at radius 1 is 1.21 bits per heavy atom. The van der Waals surface area contributed by atoms with Crippen molar-refractivity contribution in [2.24, 2.45) is 11.3 Å². The highest BCUT2D eigenvalue weighted by atomic mass is 16.5. The summed E-state index contributed by atoms with van der Waals surface area (Å²) in [7, 11) is 0. The zero-order valence-electron chi connectivity index (χ0n) is 18.7. The Balaban J connectivity index is 2.26. The van der Waals surface area contributed by atoms with Crippen molar-refractivity contribution in [2.45, 2.75) is 117 Å². The minimum absolute atomic E-state index is 0.0972. The fourth-order valence-corrected chi connectivity index (χ4v) is 4.07. The van der Waals surface area contributed by atoms with Crippen molar-refractivity contribution in [1.82, 2.24) is 0 Å². The third-order valence-electron chi connectivity index (χ3n) is 5.74. The van der Waals surface area contributed by atoms with Gasteiger partial charge >= 0.3 is 5.97 Å². The molecule has 28 heavy (non-hydrogen) atoms. The van der Waals surface area contributed by atoms with Crippen LogP contribution in [-0.4, -0.2) is 35.0 Å². The number of carbonyl (C=O) groups excluding carboxylic acids is 1. The van der Waals surface area contributed by atoms with E-state index in [0.717, 1.165) is 64.2 Å². The summed E-state index contributed by atoms with van der Waals surface area (Å²) < 4.78 is 4.95. The first-order valence-corrected chi connectivity index (χ1v) is 11.4. The highest BCUT2D eigenvalue weighted by Gasteiger charge is 2.29. The van der Waals surface area contributed by atoms with Gasteiger partial charge < -0.3 is 14.9 Å². The van der Waals surface area contributed by atoms with Crippen LogP contribution in [0.3, 0.4) is 0 Å². The second-order valence-corrected chi connectivity index (χ2v) is 9.59. The van der Waals surface area contributed by atoms with Crippen LogP contribution in [0.15, 0.2) is 11.6 Å². The summed E-state index contributed by atoms with van der Waals surface area (Å²) >= 11 is 0. The highest BCUT2D eigenvalue weighted by Crippen LogP contribution is 2.36. The normalized spacial score (nSPS) is 22.6. The molecule has 0 bridgehead atoms. The fraction of sp³-hybridized carbons (Fsp3) is 0.875. The van der Waals surface area contributed by atoms with Gasteiger partial charge in [0.25, 0.3) is 0 Å². The van der Waals surface area contributed by atoms with Crippen molar-refractivity contribution in [3.63, 3.8) is 0 Å². The van der Waals surface area contributed by atoms with Gasteiger partial charge in [-0.1, -0.05) is 58.1 Å². The molecule has 0 aromatic rings. The van der Waals surface area contributed by atoms with Gasteiger partial charge in [0.2, 0.25) is 0 Å². The van der Waals surface area contributed by atoms with Crippen molar-refractivity contribution < 1.29 is 19.7 Å². The molecule has 2 N–H and O–H groups in total. The van der Waals surface area contributed by atoms with Crippen LogP contribution in [0.5, 0.6) is 0 Å². The van der Waals surface area contributed by atoms with Gasteiger partial charge in [-0.15, -0.1) is 0 Å². The SMILES string of the molecule is CCOC(=O)CCCCCC[C@@H]1C(=CCC(O)CCCC(C)(C)C)CC[C@@H]1O. The molecule has 0 amide bonds. The fourth-order valence-electron chi connectivity index (χ4n) is 4.07. The molecular formula is C24H44O4. The Bertz CT molecular complexity index is 464. The minimum Gasteiger partial charge on any atom is -0.466 e. The largest absolute Gasteiger partial charge is 0.466 e. The Hall–Kier alpha value is -0.870. The third kappa shape index (κ3) is 11.2. The van der Waals surface area contributed by atoms with E-state index in [-0.39, 0.29) is 24.1 Å². The van der Waals surface area contributed by atoms with Crippen LogP contribution >= 0.6 is 0 Å². The molecule has 0 radical (unpaired) electrons. The summed E-state index contributed by atoms with van der Waals surface area (Å²) in [5.74, 6) is 0.159. The molecule has 4 heteroatoms. The Morgan fingerprint density at radius 3 is 2.61 bits per heavy atom. The van der Waals surface area contributed by atoms with Gasteiger partial charge in [0.05, 0.1) is 18.8 Å². The number of rotatable bonds is 13. The summed E-state index contributed by atoms with van der Waals surface area (Å²) in [5.41, 5.74) is 1.67. The maximum absolute atomic E-state index is 11.3. The number of esters is 1. The van der Waals surface area contributed by atoms with Crippen LogP contribution in [-0.2, 0) is 9.53 Å². The molecule has 0 saturated heterocycles. The lowest BCUT2D eigenvalue weighted by atomic mass is 9.88. The first kappa shape index (κ1) is 25.2. The molecule has 1 aliphatic rings. The molecule has 164 valence electrons. The van der Waals surface area contributed by atoms with Crippen LogP contribution in [0, 0.1) is 11.3 Å². The molecule has 0 aromatic heterocycles. The lowest BCUT2D eigenvalue weighted by Gasteiger charge is -2.19. The number of aliphatic hydroxyl groups is 2. The quantitative estimate of drug-likeness (QED) is 0.243. The van der Waals surface area contributed by atoms with Crippen LogP contribution in [0.1, 0.15) is 105 Å². The van der Waals surface area contributed by atoms with Crippen molar-refractivity contribution in [3.05, 3.63) is 11.6 Å². The maximum Gasteiger partial charge on any atom is 0.305 e. The Labute approximate surface area is 172 Å². The van der Waals surface area contributed by atoms with E-state index in [2.05, 4.69) is 26.8 Å². The molecule has 1 saturated carbocycles. The number of aliphatic hydroxyl groups excluding tert-OH is 2. The van der Waals surface area contributed by atoms with Crippen molar-refractivity contribution in [2.75, 3.05) is 6.61 Å². The van der Waals surface area contributed by atoms with Gasteiger partial charge in [-0.3, -0.25) is 4.79 Å². The number of ether oxygens (including phenoxy) is 1. The van der Waals surface area contributed by atoms with Crippen LogP contribution in [0.25, 0.3) is 0 Å². The van der Waals surface area contributed by atoms with Crippen LogP contribution in [0.2, 0.25) is 0 Å². The summed E-state index contributed by atoms with van der Waals surface area (Å²) in [5, 5.41) is 20.6. The van der Waals surface area contributed by atoms with E-state index in [1.165, 1.54) is 5.57 Å². The molecule has 0 aromatic carbocycles. The molecule has 0 heterocycles. The lowest BCUT2D eigenvalue weighted by Crippen LogP contribution is -2.15. The first-order valence-electron chi connectivity index (χ1n) is 11.4. The molecule has 4 nitrogen and oxygen atoms in total. The smallest absolute Gasteiger partial charge is 0.305 e. The van der Waals surface area contributed by atoms with E-state index in [1.54, 1.807) is 0 Å². The van der Waals surface area contributed by atoms with Crippen molar-refractivity contribution >= 4 is 5.97 Å². The summed E-state index contributed by atoms with van der Waals surface area (Å²) in [6.07, 6.45) is 12.9. The predicted octanol–water partition coefficient (Wildman–Crippen LogP) is 5.55. The maximum atomic E-state index is 11.3. The third-order valence-corrected chi connectivity index (χ3v) is 5.74. The van der Waals surface area contributed by atoms with E-state index in [9.17, 15) is 15.0 Å². The van der Waals surface area contributed by atoms with Crippen molar-refractivity contribution in [3.8, 4) is 0 Å². The van der Waals surface area contributed by atoms with Gasteiger partial charge in [-0.25, -0.2) is 0 Å². The van der Waals surface area contributed by atoms with E-state index in [0.29, 0.717) is 24.9 Å². The zero-order chi connectivity index (χ0) is 21.0. The average molecular weight is 397 g/mol. The zero-order valence-corrected chi connectivity index (χ0v) is 18.7. The minimum atomic E-state index is -0.267. The Kier molecular flexibility index (Phi) is 12.0. The highest BCUT2D eigenvalue weighted by molar-refractivity contribution is 5.69. The van der Waals surface area contributed by atoms with E-state index >= 15 is 0 Å². The molecular weight excluding hydrogens is 352 g/mol. The average Bonchev–Trinajstić information content (AvgIpc) is 2.95. The molecule has 1 unspecified atom stereocenters. The lowest BCUT2D eigenvalue weighted by molar-refractivity contribution is -0.143. The molecule has 0 aliphatic heterocycles. The number of unbranched alkanes of at least 4 members (excludes halogenated alkanes) is 3. The first-order chi connectivity index (χ1) is 13.2. The van der Waals surface area contributed by atoms with Gasteiger partial charge in [0.1, 0.15) is 0 Å². The summed E-state index contributed by atoms with van der Waals surface area (Å²) in [6.45, 7) is 9.01. The van der Waals surface area contributed by atoms with Crippen LogP contribution in [0.4, 0.5) is 0 Å². The van der Waals surface area contributed by atoms with E-state index < -0.39 is 0 Å². The van der Waals surface area contributed by atoms with E-state index in [4.69, 9.17) is 4.74 Å². The van der Waals surface area contributed by atoms with Gasteiger partial charge in [-0.05, 0) is 57.3 Å². The predicted molar refractivity (Wildman–Crippen MR) is 115 cm³/mol. The van der Waals surface area contributed by atoms with E-state index in [1.807, 2.05) is 6.92 Å². The molecule has 1 aliphatic carbocycles. The number of hydrogen-bond acceptors (Lipinski definition) is 4. The standard InChI is InChI=1S/C24H44O4/c1-5-28-23(27)13-9-7-6-8-12-21-19(15-17-22(21)26)14-16-20(25)11-10-18-24(2,3)4/h14,20-22,25-26H,5-13,15-18H2,1-4H3/t20?,21-,22+/m1/s1.